The minimum absolute atomic E-state index is 0.527. The third kappa shape index (κ3) is 3.57. The maximum Gasteiger partial charge on any atom is 0.187 e. The molecule has 0 saturated heterocycles. The SMILES string of the molecule is C=C(CN)CSc1ncc(C)cn1. The van der Waals surface area contributed by atoms with E-state index in [0.717, 1.165) is 22.0 Å². The quantitative estimate of drug-likeness (QED) is 0.448. The van der Waals surface area contributed by atoms with Gasteiger partial charge in [-0.3, -0.25) is 0 Å². The van der Waals surface area contributed by atoms with Crippen molar-refractivity contribution in [2.75, 3.05) is 12.3 Å². The van der Waals surface area contributed by atoms with Crippen LogP contribution in [0.4, 0.5) is 0 Å². The van der Waals surface area contributed by atoms with Gasteiger partial charge in [0, 0.05) is 24.7 Å². The van der Waals surface area contributed by atoms with Crippen LogP contribution in [0.3, 0.4) is 0 Å². The maximum atomic E-state index is 5.41. The number of hydrogen-bond donors (Lipinski definition) is 1. The van der Waals surface area contributed by atoms with Crippen LogP contribution in [0.5, 0.6) is 0 Å². The van der Waals surface area contributed by atoms with Gasteiger partial charge in [0.2, 0.25) is 0 Å². The minimum atomic E-state index is 0.527. The van der Waals surface area contributed by atoms with Crippen LogP contribution < -0.4 is 5.73 Å². The van der Waals surface area contributed by atoms with Gasteiger partial charge in [-0.2, -0.15) is 0 Å². The number of rotatable bonds is 4. The average molecular weight is 195 g/mol. The predicted octanol–water partition coefficient (Wildman–Crippen LogP) is 1.39. The first-order valence-corrected chi connectivity index (χ1v) is 4.99. The second kappa shape index (κ2) is 4.99. The van der Waals surface area contributed by atoms with Gasteiger partial charge in [-0.25, -0.2) is 9.97 Å². The average Bonchev–Trinajstić information content (AvgIpc) is 2.16. The molecule has 3 nitrogen and oxygen atoms in total. The Balaban J connectivity index is 2.46. The van der Waals surface area contributed by atoms with E-state index in [-0.39, 0.29) is 0 Å². The lowest BCUT2D eigenvalue weighted by atomic mass is 10.4. The van der Waals surface area contributed by atoms with E-state index in [1.807, 2.05) is 6.92 Å². The minimum Gasteiger partial charge on any atom is -0.327 e. The Morgan fingerprint density at radius 2 is 2.15 bits per heavy atom. The van der Waals surface area contributed by atoms with Crippen molar-refractivity contribution in [3.05, 3.63) is 30.1 Å². The molecule has 0 aromatic carbocycles. The van der Waals surface area contributed by atoms with E-state index in [9.17, 15) is 0 Å². The number of hydrogen-bond acceptors (Lipinski definition) is 4. The summed E-state index contributed by atoms with van der Waals surface area (Å²) in [6, 6.07) is 0. The van der Waals surface area contributed by atoms with Crippen molar-refractivity contribution < 1.29 is 0 Å². The van der Waals surface area contributed by atoms with Crippen molar-refractivity contribution in [2.45, 2.75) is 12.1 Å². The molecule has 0 saturated carbocycles. The van der Waals surface area contributed by atoms with Crippen LogP contribution >= 0.6 is 11.8 Å². The third-order valence-electron chi connectivity index (χ3n) is 1.45. The highest BCUT2D eigenvalue weighted by molar-refractivity contribution is 7.99. The van der Waals surface area contributed by atoms with Crippen LogP contribution in [0.15, 0.2) is 29.7 Å². The van der Waals surface area contributed by atoms with Crippen LogP contribution in [0.2, 0.25) is 0 Å². The van der Waals surface area contributed by atoms with Gasteiger partial charge in [-0.05, 0) is 12.5 Å². The molecule has 0 aliphatic rings. The largest absolute Gasteiger partial charge is 0.327 e. The molecule has 0 aliphatic heterocycles. The van der Waals surface area contributed by atoms with E-state index in [1.165, 1.54) is 0 Å². The van der Waals surface area contributed by atoms with Crippen molar-refractivity contribution in [1.82, 2.24) is 9.97 Å². The zero-order chi connectivity index (χ0) is 9.68. The van der Waals surface area contributed by atoms with E-state index < -0.39 is 0 Å². The molecule has 13 heavy (non-hydrogen) atoms. The van der Waals surface area contributed by atoms with Crippen molar-refractivity contribution in [2.24, 2.45) is 5.73 Å². The zero-order valence-electron chi connectivity index (χ0n) is 7.66. The van der Waals surface area contributed by atoms with Gasteiger partial charge in [0.15, 0.2) is 5.16 Å². The topological polar surface area (TPSA) is 51.8 Å². The highest BCUT2D eigenvalue weighted by Crippen LogP contribution is 2.14. The van der Waals surface area contributed by atoms with Crippen molar-refractivity contribution >= 4 is 11.8 Å². The molecule has 0 aliphatic carbocycles. The summed E-state index contributed by atoms with van der Waals surface area (Å²) >= 11 is 1.56. The summed E-state index contributed by atoms with van der Waals surface area (Å²) in [5.41, 5.74) is 7.49. The number of nitrogens with zero attached hydrogens (tertiary/aromatic N) is 2. The number of aromatic nitrogens is 2. The van der Waals surface area contributed by atoms with E-state index in [0.29, 0.717) is 6.54 Å². The molecule has 0 spiro atoms. The van der Waals surface area contributed by atoms with Crippen molar-refractivity contribution in [3.8, 4) is 0 Å². The van der Waals surface area contributed by atoms with Crippen LogP contribution in [-0.2, 0) is 0 Å². The number of thioether (sulfide) groups is 1. The Kier molecular flexibility index (Phi) is 3.92. The standard InChI is InChI=1S/C9H13N3S/c1-7(3-10)6-13-9-11-4-8(2)5-12-9/h4-5H,1,3,6,10H2,2H3. The van der Waals surface area contributed by atoms with Crippen LogP contribution in [0.1, 0.15) is 5.56 Å². The highest BCUT2D eigenvalue weighted by Gasteiger charge is 1.97. The molecule has 1 aromatic heterocycles. The molecule has 0 atom stereocenters. The molecule has 1 aromatic rings. The number of nitrogens with two attached hydrogens (primary N) is 1. The summed E-state index contributed by atoms with van der Waals surface area (Å²) in [5, 5.41) is 0.778. The first kappa shape index (κ1) is 10.2. The molecular weight excluding hydrogens is 182 g/mol. The van der Waals surface area contributed by atoms with Crippen LogP contribution in [0.25, 0.3) is 0 Å². The Hall–Kier alpha value is -0.870. The summed E-state index contributed by atoms with van der Waals surface area (Å²) in [6.07, 6.45) is 3.61. The van der Waals surface area contributed by atoms with Gasteiger partial charge in [-0.15, -0.1) is 0 Å². The first-order chi connectivity index (χ1) is 6.22. The van der Waals surface area contributed by atoms with Gasteiger partial charge < -0.3 is 5.73 Å². The fourth-order valence-electron chi connectivity index (χ4n) is 0.681. The van der Waals surface area contributed by atoms with E-state index in [2.05, 4.69) is 16.5 Å². The maximum absolute atomic E-state index is 5.41. The molecule has 70 valence electrons. The highest BCUT2D eigenvalue weighted by atomic mass is 32.2. The van der Waals surface area contributed by atoms with Gasteiger partial charge in [0.05, 0.1) is 0 Å². The van der Waals surface area contributed by atoms with Crippen molar-refractivity contribution in [3.63, 3.8) is 0 Å². The molecule has 2 N–H and O–H groups in total. The van der Waals surface area contributed by atoms with Gasteiger partial charge in [-0.1, -0.05) is 23.9 Å². The molecular formula is C9H13N3S. The Morgan fingerprint density at radius 1 is 1.54 bits per heavy atom. The number of aryl methyl sites for hydroxylation is 1. The second-order valence-corrected chi connectivity index (χ2v) is 3.73. The molecule has 0 fully saturated rings. The fourth-order valence-corrected chi connectivity index (χ4v) is 1.39. The summed E-state index contributed by atoms with van der Waals surface area (Å²) in [4.78, 5) is 8.31. The molecule has 0 bridgehead atoms. The van der Waals surface area contributed by atoms with E-state index in [4.69, 9.17) is 5.73 Å². The summed E-state index contributed by atoms with van der Waals surface area (Å²) in [5.74, 6) is 0.791. The van der Waals surface area contributed by atoms with Gasteiger partial charge in [0.1, 0.15) is 0 Å². The molecule has 4 heteroatoms. The predicted molar refractivity (Wildman–Crippen MR) is 55.7 cm³/mol. The van der Waals surface area contributed by atoms with E-state index in [1.54, 1.807) is 24.2 Å². The monoisotopic (exact) mass is 195 g/mol. The molecule has 1 heterocycles. The van der Waals surface area contributed by atoms with Crippen LogP contribution in [0, 0.1) is 6.92 Å². The molecule has 0 unspecified atom stereocenters. The normalized spacial score (nSPS) is 10.0. The lowest BCUT2D eigenvalue weighted by Crippen LogP contribution is -2.03. The summed E-state index contributed by atoms with van der Waals surface area (Å²) in [7, 11) is 0. The van der Waals surface area contributed by atoms with Crippen LogP contribution in [-0.4, -0.2) is 22.3 Å². The van der Waals surface area contributed by atoms with Gasteiger partial charge in [0.25, 0.3) is 0 Å². The lowest BCUT2D eigenvalue weighted by Gasteiger charge is -2.00. The third-order valence-corrected chi connectivity index (χ3v) is 2.47. The Morgan fingerprint density at radius 3 is 2.69 bits per heavy atom. The second-order valence-electron chi connectivity index (χ2n) is 2.79. The zero-order valence-corrected chi connectivity index (χ0v) is 8.47. The lowest BCUT2D eigenvalue weighted by molar-refractivity contribution is 0.950. The first-order valence-electron chi connectivity index (χ1n) is 4.00. The summed E-state index contributed by atoms with van der Waals surface area (Å²) < 4.78 is 0. The molecule has 0 amide bonds. The summed E-state index contributed by atoms with van der Waals surface area (Å²) in [6.45, 7) is 6.30. The van der Waals surface area contributed by atoms with Crippen molar-refractivity contribution in [1.29, 1.82) is 0 Å². The van der Waals surface area contributed by atoms with Gasteiger partial charge >= 0.3 is 0 Å². The fraction of sp³-hybridized carbons (Fsp3) is 0.333. The smallest absolute Gasteiger partial charge is 0.187 e. The molecule has 0 radical (unpaired) electrons. The van der Waals surface area contributed by atoms with E-state index >= 15 is 0 Å². The molecule has 1 rings (SSSR count). The Bertz CT molecular complexity index is 281. The Labute approximate surface area is 82.5 Å².